The molecular formula is C22H26N4OS. The number of rotatable bonds is 4. The lowest BCUT2D eigenvalue weighted by Gasteiger charge is -2.42. The highest BCUT2D eigenvalue weighted by Crippen LogP contribution is 2.43. The van der Waals surface area contributed by atoms with Gasteiger partial charge in [0.05, 0.1) is 22.3 Å². The van der Waals surface area contributed by atoms with E-state index in [1.165, 1.54) is 61.3 Å². The first-order chi connectivity index (χ1) is 13.8. The number of nitrogens with zero attached hydrogens (tertiary/aromatic N) is 4. The maximum Gasteiger partial charge on any atom is 0.316 e. The molecule has 2 fully saturated rings. The Morgan fingerprint density at radius 1 is 1.00 bits per heavy atom. The smallest absolute Gasteiger partial charge is 0.316 e. The van der Waals surface area contributed by atoms with Crippen molar-refractivity contribution < 1.29 is 4.74 Å². The lowest BCUT2D eigenvalue weighted by molar-refractivity contribution is 0.113. The van der Waals surface area contributed by atoms with E-state index in [0.29, 0.717) is 11.9 Å². The Labute approximate surface area is 169 Å². The van der Waals surface area contributed by atoms with Gasteiger partial charge in [0, 0.05) is 29.9 Å². The summed E-state index contributed by atoms with van der Waals surface area (Å²) in [7, 11) is 1.58. The summed E-state index contributed by atoms with van der Waals surface area (Å²) in [6, 6.07) is 7.63. The Hall–Kier alpha value is -2.05. The van der Waals surface area contributed by atoms with Crippen LogP contribution in [0.25, 0.3) is 21.3 Å². The number of fused-ring (bicyclic) bond motifs is 1. The van der Waals surface area contributed by atoms with E-state index >= 15 is 0 Å². The quantitative estimate of drug-likeness (QED) is 0.631. The van der Waals surface area contributed by atoms with E-state index < -0.39 is 0 Å². The van der Waals surface area contributed by atoms with E-state index in [1.807, 2.05) is 23.7 Å². The molecule has 0 spiro atoms. The topological polar surface area (TPSA) is 51.1 Å². The molecule has 5 rings (SSSR count). The fourth-order valence-electron chi connectivity index (χ4n) is 4.42. The first-order valence-electron chi connectivity index (χ1n) is 10.3. The van der Waals surface area contributed by atoms with Gasteiger partial charge in [-0.25, -0.2) is 15.0 Å². The molecule has 1 aromatic carbocycles. The van der Waals surface area contributed by atoms with Crippen molar-refractivity contribution in [2.45, 2.75) is 50.5 Å². The lowest BCUT2D eigenvalue weighted by atomic mass is 9.79. The first kappa shape index (κ1) is 18.0. The molecule has 1 aliphatic heterocycles. The second kappa shape index (κ2) is 7.76. The van der Waals surface area contributed by atoms with Gasteiger partial charge in [-0.3, -0.25) is 0 Å². The normalized spacial score (nSPS) is 23.3. The highest BCUT2D eigenvalue weighted by Gasteiger charge is 2.36. The van der Waals surface area contributed by atoms with Gasteiger partial charge in [0.1, 0.15) is 0 Å². The average Bonchev–Trinajstić information content (AvgIpc) is 2.92. The molecule has 2 aliphatic rings. The number of aromatic nitrogens is 3. The van der Waals surface area contributed by atoms with Gasteiger partial charge in [-0.2, -0.15) is 0 Å². The number of thiazole rings is 1. The Balaban J connectivity index is 1.30. The zero-order valence-corrected chi connectivity index (χ0v) is 17.1. The number of hydrogen-bond donors (Lipinski definition) is 0. The van der Waals surface area contributed by atoms with Gasteiger partial charge in [0.2, 0.25) is 0 Å². The van der Waals surface area contributed by atoms with Crippen molar-refractivity contribution in [2.75, 3.05) is 20.2 Å². The molecule has 0 bridgehead atoms. The van der Waals surface area contributed by atoms with Gasteiger partial charge in [0.25, 0.3) is 0 Å². The highest BCUT2D eigenvalue weighted by molar-refractivity contribution is 7.18. The van der Waals surface area contributed by atoms with E-state index in [9.17, 15) is 0 Å². The van der Waals surface area contributed by atoms with Crippen LogP contribution in [0.5, 0.6) is 6.01 Å². The van der Waals surface area contributed by atoms with Crippen molar-refractivity contribution in [2.24, 2.45) is 0 Å². The monoisotopic (exact) mass is 394 g/mol. The van der Waals surface area contributed by atoms with Crippen LogP contribution >= 0.6 is 11.3 Å². The van der Waals surface area contributed by atoms with Crippen molar-refractivity contribution >= 4 is 21.6 Å². The Bertz CT molecular complexity index is 941. The number of hydrogen-bond acceptors (Lipinski definition) is 6. The van der Waals surface area contributed by atoms with Gasteiger partial charge in [-0.1, -0.05) is 18.9 Å². The minimum atomic E-state index is 0.397. The molecule has 2 aromatic heterocycles. The summed E-state index contributed by atoms with van der Waals surface area (Å²) >= 11 is 1.86. The molecule has 28 heavy (non-hydrogen) atoms. The number of benzene rings is 1. The second-order valence-corrected chi connectivity index (χ2v) is 9.03. The average molecular weight is 395 g/mol. The third kappa shape index (κ3) is 3.51. The van der Waals surface area contributed by atoms with Crippen LogP contribution in [-0.2, 0) is 0 Å². The van der Waals surface area contributed by atoms with E-state index in [0.717, 1.165) is 22.7 Å². The van der Waals surface area contributed by atoms with Crippen molar-refractivity contribution in [3.8, 4) is 17.1 Å². The summed E-state index contributed by atoms with van der Waals surface area (Å²) in [5.41, 5.74) is 3.24. The first-order valence-corrected chi connectivity index (χ1v) is 11.1. The molecule has 0 amide bonds. The van der Waals surface area contributed by atoms with Crippen LogP contribution in [0.1, 0.15) is 49.5 Å². The SMILES string of the molecule is COc1ncc(-c2ccc3nc(C4CC(N5CCCCCC5)C4)sc3c2)cn1. The molecule has 1 aliphatic carbocycles. The van der Waals surface area contributed by atoms with Crippen LogP contribution in [0.3, 0.4) is 0 Å². The van der Waals surface area contributed by atoms with Crippen LogP contribution < -0.4 is 4.74 Å². The number of ether oxygens (including phenoxy) is 1. The maximum atomic E-state index is 5.05. The van der Waals surface area contributed by atoms with Crippen LogP contribution in [0, 0.1) is 0 Å². The molecular weight excluding hydrogens is 368 g/mol. The largest absolute Gasteiger partial charge is 0.467 e. The summed E-state index contributed by atoms with van der Waals surface area (Å²) in [6.07, 6.45) is 11.7. The molecule has 5 nitrogen and oxygen atoms in total. The molecule has 6 heteroatoms. The highest BCUT2D eigenvalue weighted by atomic mass is 32.1. The van der Waals surface area contributed by atoms with Crippen LogP contribution in [-0.4, -0.2) is 46.1 Å². The minimum Gasteiger partial charge on any atom is -0.467 e. The fraction of sp³-hybridized carbons (Fsp3) is 0.500. The fourth-order valence-corrected chi connectivity index (χ4v) is 5.55. The third-order valence-electron chi connectivity index (χ3n) is 6.17. The summed E-state index contributed by atoms with van der Waals surface area (Å²) in [5.74, 6) is 0.637. The van der Waals surface area contributed by atoms with Crippen molar-refractivity contribution in [1.82, 2.24) is 19.9 Å². The van der Waals surface area contributed by atoms with Gasteiger partial charge < -0.3 is 9.64 Å². The summed E-state index contributed by atoms with van der Waals surface area (Å²) in [6.45, 7) is 2.59. The van der Waals surface area contributed by atoms with E-state index in [1.54, 1.807) is 7.11 Å². The van der Waals surface area contributed by atoms with Crippen molar-refractivity contribution in [3.05, 3.63) is 35.6 Å². The summed E-state index contributed by atoms with van der Waals surface area (Å²) in [5, 5.41) is 1.31. The van der Waals surface area contributed by atoms with E-state index in [-0.39, 0.29) is 0 Å². The molecule has 1 saturated carbocycles. The van der Waals surface area contributed by atoms with Crippen LogP contribution in [0.2, 0.25) is 0 Å². The molecule has 3 heterocycles. The van der Waals surface area contributed by atoms with Gasteiger partial charge in [-0.05, 0) is 56.5 Å². The maximum absolute atomic E-state index is 5.05. The summed E-state index contributed by atoms with van der Waals surface area (Å²) in [4.78, 5) is 16.1. The standard InChI is InChI=1S/C22H26N4OS/c1-27-22-23-13-17(14-24-22)15-6-7-19-20(12-15)28-21(25-19)16-10-18(11-16)26-8-4-2-3-5-9-26/h6-7,12-14,16,18H,2-5,8-11H2,1H3. The molecule has 0 atom stereocenters. The second-order valence-electron chi connectivity index (χ2n) is 7.97. The lowest BCUT2D eigenvalue weighted by Crippen LogP contribution is -2.44. The summed E-state index contributed by atoms with van der Waals surface area (Å²) < 4.78 is 6.30. The Kier molecular flexibility index (Phi) is 4.99. The molecule has 0 N–H and O–H groups in total. The molecule has 0 unspecified atom stereocenters. The van der Waals surface area contributed by atoms with Gasteiger partial charge >= 0.3 is 6.01 Å². The Morgan fingerprint density at radius 2 is 1.75 bits per heavy atom. The van der Waals surface area contributed by atoms with Crippen LogP contribution in [0.15, 0.2) is 30.6 Å². The van der Waals surface area contributed by atoms with Crippen molar-refractivity contribution in [3.63, 3.8) is 0 Å². The zero-order chi connectivity index (χ0) is 18.9. The predicted molar refractivity (Wildman–Crippen MR) is 113 cm³/mol. The minimum absolute atomic E-state index is 0.397. The molecule has 0 radical (unpaired) electrons. The molecule has 146 valence electrons. The number of methoxy groups -OCH3 is 1. The van der Waals surface area contributed by atoms with Gasteiger partial charge in [0.15, 0.2) is 0 Å². The van der Waals surface area contributed by atoms with Crippen molar-refractivity contribution in [1.29, 1.82) is 0 Å². The number of likely N-dealkylation sites (tertiary alicyclic amines) is 1. The Morgan fingerprint density at radius 3 is 2.46 bits per heavy atom. The van der Waals surface area contributed by atoms with E-state index in [4.69, 9.17) is 9.72 Å². The molecule has 1 saturated heterocycles. The molecule has 3 aromatic rings. The predicted octanol–water partition coefficient (Wildman–Crippen LogP) is 4.88. The van der Waals surface area contributed by atoms with Gasteiger partial charge in [-0.15, -0.1) is 11.3 Å². The third-order valence-corrected chi connectivity index (χ3v) is 7.35. The van der Waals surface area contributed by atoms with E-state index in [2.05, 4.69) is 33.1 Å². The van der Waals surface area contributed by atoms with Crippen LogP contribution in [0.4, 0.5) is 0 Å². The zero-order valence-electron chi connectivity index (χ0n) is 16.3.